The number of carbonyl (C=O) groups is 2. The predicted octanol–water partition coefficient (Wildman–Crippen LogP) is 4.83. The molecule has 0 saturated carbocycles. The molecule has 4 saturated heterocycles. The first kappa shape index (κ1) is 27.4. The Balaban J connectivity index is 1.27. The summed E-state index contributed by atoms with van der Waals surface area (Å²) in [6, 6.07) is 11.9. The van der Waals surface area contributed by atoms with Crippen molar-refractivity contribution in [3.63, 3.8) is 0 Å². The van der Waals surface area contributed by atoms with Gasteiger partial charge < -0.3 is 19.9 Å². The van der Waals surface area contributed by atoms with E-state index >= 15 is 0 Å². The maximum Gasteiger partial charge on any atom is 0.320 e. The fourth-order valence-electron chi connectivity index (χ4n) is 7.73. The van der Waals surface area contributed by atoms with Crippen molar-refractivity contribution in [2.45, 2.75) is 102 Å². The number of benzene rings is 1. The molecule has 4 aliphatic heterocycles. The van der Waals surface area contributed by atoms with Crippen LogP contribution in [0, 0.1) is 11.8 Å². The van der Waals surface area contributed by atoms with Crippen molar-refractivity contribution in [2.24, 2.45) is 11.8 Å². The number of ether oxygens (including phenoxy) is 1. The Morgan fingerprint density at radius 1 is 1.03 bits per heavy atom. The molecule has 210 valence electrons. The van der Waals surface area contributed by atoms with Gasteiger partial charge in [0.2, 0.25) is 5.91 Å². The molecule has 7 nitrogen and oxygen atoms in total. The average Bonchev–Trinajstić information content (AvgIpc) is 3.30. The number of amides is 3. The van der Waals surface area contributed by atoms with Crippen LogP contribution in [-0.2, 0) is 9.53 Å². The molecule has 3 atom stereocenters. The van der Waals surface area contributed by atoms with Crippen LogP contribution in [0.4, 0.5) is 4.79 Å². The minimum absolute atomic E-state index is 0.0246. The molecular weight excluding hydrogens is 476 g/mol. The van der Waals surface area contributed by atoms with E-state index < -0.39 is 0 Å². The van der Waals surface area contributed by atoms with E-state index in [1.165, 1.54) is 18.4 Å². The lowest BCUT2D eigenvalue weighted by Crippen LogP contribution is -2.60. The summed E-state index contributed by atoms with van der Waals surface area (Å²) >= 11 is 0. The van der Waals surface area contributed by atoms with Crippen LogP contribution < -0.4 is 5.32 Å². The third-order valence-electron chi connectivity index (χ3n) is 9.53. The van der Waals surface area contributed by atoms with Gasteiger partial charge in [0, 0.05) is 56.9 Å². The van der Waals surface area contributed by atoms with Gasteiger partial charge in [0.1, 0.15) is 0 Å². The van der Waals surface area contributed by atoms with Crippen molar-refractivity contribution >= 4 is 11.9 Å². The Morgan fingerprint density at radius 3 is 2.29 bits per heavy atom. The largest absolute Gasteiger partial charge is 0.381 e. The van der Waals surface area contributed by atoms with Crippen LogP contribution in [-0.4, -0.2) is 83.2 Å². The monoisotopic (exact) mass is 524 g/mol. The molecule has 1 N–H and O–H groups in total. The minimum atomic E-state index is -0.0521. The fraction of sp³-hybridized carbons (Fsp3) is 0.742. The van der Waals surface area contributed by atoms with Gasteiger partial charge >= 0.3 is 6.03 Å². The Kier molecular flexibility index (Phi) is 8.34. The van der Waals surface area contributed by atoms with Gasteiger partial charge in [-0.3, -0.25) is 9.69 Å². The highest BCUT2D eigenvalue weighted by molar-refractivity contribution is 5.79. The van der Waals surface area contributed by atoms with E-state index in [0.29, 0.717) is 18.0 Å². The molecule has 3 amide bonds. The molecular formula is C31H48N4O3. The summed E-state index contributed by atoms with van der Waals surface area (Å²) in [4.78, 5) is 33.5. The zero-order chi connectivity index (χ0) is 26.9. The van der Waals surface area contributed by atoms with Gasteiger partial charge in [-0.1, -0.05) is 44.2 Å². The number of nitrogens with zero attached hydrogens (tertiary/aromatic N) is 3. The summed E-state index contributed by atoms with van der Waals surface area (Å²) in [6.45, 7) is 12.7. The van der Waals surface area contributed by atoms with Crippen LogP contribution >= 0.6 is 0 Å². The molecule has 0 aromatic heterocycles. The highest BCUT2D eigenvalue weighted by Gasteiger charge is 2.57. The van der Waals surface area contributed by atoms with Gasteiger partial charge in [-0.25, -0.2) is 4.79 Å². The van der Waals surface area contributed by atoms with Gasteiger partial charge in [-0.05, 0) is 70.3 Å². The van der Waals surface area contributed by atoms with Crippen LogP contribution in [0.25, 0.3) is 0 Å². The second-order valence-electron chi connectivity index (χ2n) is 12.9. The van der Waals surface area contributed by atoms with Crippen molar-refractivity contribution in [1.82, 2.24) is 20.0 Å². The van der Waals surface area contributed by atoms with Crippen molar-refractivity contribution in [3.05, 3.63) is 35.9 Å². The van der Waals surface area contributed by atoms with Crippen LogP contribution in [0.3, 0.4) is 0 Å². The molecule has 38 heavy (non-hydrogen) atoms. The van der Waals surface area contributed by atoms with Crippen molar-refractivity contribution in [2.75, 3.05) is 32.8 Å². The Hall–Kier alpha value is -2.12. The van der Waals surface area contributed by atoms with E-state index in [2.05, 4.69) is 58.1 Å². The molecule has 7 heteroatoms. The highest BCUT2D eigenvalue weighted by Crippen LogP contribution is 2.48. The number of hydrogen-bond donors (Lipinski definition) is 1. The fourth-order valence-corrected chi connectivity index (χ4v) is 7.73. The normalized spacial score (nSPS) is 29.2. The van der Waals surface area contributed by atoms with Crippen molar-refractivity contribution in [3.8, 4) is 0 Å². The Bertz CT molecular complexity index is 947. The molecule has 4 fully saturated rings. The SMILES string of the molecule is CC(C)C(=O)NC(CCN1C2CCC1CC1(C2)CN(CC2CCOCC2)C(=O)N1C(C)C)c1ccccc1. The van der Waals surface area contributed by atoms with Gasteiger partial charge in [0.05, 0.1) is 11.6 Å². The van der Waals surface area contributed by atoms with Gasteiger partial charge in [0.25, 0.3) is 0 Å². The first-order valence-corrected chi connectivity index (χ1v) is 15.0. The van der Waals surface area contributed by atoms with Crippen molar-refractivity contribution in [1.29, 1.82) is 0 Å². The summed E-state index contributed by atoms with van der Waals surface area (Å²) in [5.41, 5.74) is 1.13. The Morgan fingerprint density at radius 2 is 1.68 bits per heavy atom. The van der Waals surface area contributed by atoms with E-state index in [4.69, 9.17) is 4.74 Å². The lowest BCUT2D eigenvalue weighted by atomic mass is 9.81. The van der Waals surface area contributed by atoms with Gasteiger partial charge in [-0.15, -0.1) is 0 Å². The molecule has 5 rings (SSSR count). The summed E-state index contributed by atoms with van der Waals surface area (Å²) in [5, 5.41) is 3.31. The topological polar surface area (TPSA) is 65.1 Å². The molecule has 1 aromatic carbocycles. The summed E-state index contributed by atoms with van der Waals surface area (Å²) in [7, 11) is 0. The second-order valence-corrected chi connectivity index (χ2v) is 12.9. The number of piperidine rings is 1. The molecule has 3 unspecified atom stereocenters. The molecule has 1 aromatic rings. The third kappa shape index (κ3) is 5.60. The number of carbonyl (C=O) groups excluding carboxylic acids is 2. The third-order valence-corrected chi connectivity index (χ3v) is 9.53. The van der Waals surface area contributed by atoms with E-state index in [1.54, 1.807) is 0 Å². The second kappa shape index (κ2) is 11.5. The first-order chi connectivity index (χ1) is 18.3. The number of urea groups is 1. The van der Waals surface area contributed by atoms with Gasteiger partial charge in [-0.2, -0.15) is 0 Å². The molecule has 2 bridgehead atoms. The first-order valence-electron chi connectivity index (χ1n) is 15.0. The van der Waals surface area contributed by atoms with E-state index in [1.807, 2.05) is 19.9 Å². The quantitative estimate of drug-likeness (QED) is 0.503. The maximum absolute atomic E-state index is 13.7. The maximum atomic E-state index is 13.7. The number of nitrogens with one attached hydrogen (secondary N) is 1. The lowest BCUT2D eigenvalue weighted by Gasteiger charge is -2.49. The molecule has 1 spiro atoms. The van der Waals surface area contributed by atoms with E-state index in [9.17, 15) is 9.59 Å². The zero-order valence-electron chi connectivity index (χ0n) is 23.9. The van der Waals surface area contributed by atoms with Crippen LogP contribution in [0.15, 0.2) is 30.3 Å². The van der Waals surface area contributed by atoms with E-state index in [-0.39, 0.29) is 35.5 Å². The number of rotatable bonds is 9. The summed E-state index contributed by atoms with van der Waals surface area (Å²) < 4.78 is 5.57. The highest BCUT2D eigenvalue weighted by atomic mass is 16.5. The standard InChI is InChI=1S/C31H48N4O3/c1-22(2)29(36)32-28(25-8-6-5-7-9-25)12-15-34-26-10-11-27(34)19-31(18-26)21-33(30(37)35(31)23(3)4)20-24-13-16-38-17-14-24/h5-9,22-24,26-28H,10-21H2,1-4H3,(H,32,36). The summed E-state index contributed by atoms with van der Waals surface area (Å²) in [5.74, 6) is 0.643. The van der Waals surface area contributed by atoms with Gasteiger partial charge in [0.15, 0.2) is 0 Å². The molecule has 4 aliphatic rings. The van der Waals surface area contributed by atoms with Crippen LogP contribution in [0.1, 0.15) is 84.2 Å². The molecule has 0 radical (unpaired) electrons. The van der Waals surface area contributed by atoms with E-state index in [0.717, 1.165) is 65.0 Å². The minimum Gasteiger partial charge on any atom is -0.381 e. The van der Waals surface area contributed by atoms with Crippen LogP contribution in [0.5, 0.6) is 0 Å². The Labute approximate surface area is 229 Å². The zero-order valence-corrected chi connectivity index (χ0v) is 23.9. The number of fused-ring (bicyclic) bond motifs is 2. The van der Waals surface area contributed by atoms with Crippen LogP contribution in [0.2, 0.25) is 0 Å². The predicted molar refractivity (Wildman–Crippen MR) is 150 cm³/mol. The molecule has 4 heterocycles. The average molecular weight is 525 g/mol. The smallest absolute Gasteiger partial charge is 0.320 e. The summed E-state index contributed by atoms with van der Waals surface area (Å²) in [6.07, 6.45) is 7.58. The van der Waals surface area contributed by atoms with Crippen molar-refractivity contribution < 1.29 is 14.3 Å². The molecule has 0 aliphatic carbocycles. The lowest BCUT2D eigenvalue weighted by molar-refractivity contribution is -0.124. The number of hydrogen-bond acceptors (Lipinski definition) is 4.